The van der Waals surface area contributed by atoms with Gasteiger partial charge < -0.3 is 15.8 Å². The highest BCUT2D eigenvalue weighted by Crippen LogP contribution is 2.12. The van der Waals surface area contributed by atoms with Crippen LogP contribution < -0.4 is 11.1 Å². The van der Waals surface area contributed by atoms with Gasteiger partial charge in [-0.15, -0.1) is 24.0 Å². The van der Waals surface area contributed by atoms with Gasteiger partial charge in [-0.1, -0.05) is 6.07 Å². The van der Waals surface area contributed by atoms with Crippen molar-refractivity contribution in [3.63, 3.8) is 0 Å². The minimum Gasteiger partial charge on any atom is -0.376 e. The Morgan fingerprint density at radius 2 is 2.39 bits per heavy atom. The molecular formula is C15H21IN6O. The first-order valence-electron chi connectivity index (χ1n) is 7.40. The maximum Gasteiger partial charge on any atom is 0.189 e. The van der Waals surface area contributed by atoms with Gasteiger partial charge in [0, 0.05) is 37.3 Å². The predicted molar refractivity (Wildman–Crippen MR) is 99.1 cm³/mol. The Morgan fingerprint density at radius 3 is 3.13 bits per heavy atom. The molecule has 1 aliphatic heterocycles. The van der Waals surface area contributed by atoms with Crippen LogP contribution in [-0.2, 0) is 11.3 Å². The van der Waals surface area contributed by atoms with Gasteiger partial charge in [-0.25, -0.2) is 15.0 Å². The van der Waals surface area contributed by atoms with E-state index < -0.39 is 0 Å². The van der Waals surface area contributed by atoms with Crippen LogP contribution in [0, 0.1) is 0 Å². The number of guanidine groups is 1. The first-order chi connectivity index (χ1) is 10.8. The molecule has 0 radical (unpaired) electrons. The normalized spacial score (nSPS) is 17.7. The quantitative estimate of drug-likeness (QED) is 0.428. The number of aliphatic imine (C=N–C) groups is 1. The molecule has 0 bridgehead atoms. The average Bonchev–Trinajstić information content (AvgIpc) is 3.24. The van der Waals surface area contributed by atoms with Gasteiger partial charge in [0.2, 0.25) is 0 Å². The van der Waals surface area contributed by atoms with Crippen LogP contribution in [0.15, 0.2) is 42.0 Å². The van der Waals surface area contributed by atoms with Crippen LogP contribution >= 0.6 is 24.0 Å². The van der Waals surface area contributed by atoms with E-state index in [1.54, 1.807) is 18.7 Å². The first-order valence-corrected chi connectivity index (χ1v) is 7.40. The summed E-state index contributed by atoms with van der Waals surface area (Å²) < 4.78 is 7.40. The number of pyridine rings is 1. The number of nitrogens with one attached hydrogen (secondary N) is 1. The van der Waals surface area contributed by atoms with Gasteiger partial charge in [-0.3, -0.25) is 4.57 Å². The predicted octanol–water partition coefficient (Wildman–Crippen LogP) is 1.47. The second-order valence-electron chi connectivity index (χ2n) is 5.17. The number of hydrogen-bond donors (Lipinski definition) is 2. The Hall–Kier alpha value is -1.68. The van der Waals surface area contributed by atoms with Gasteiger partial charge in [-0.05, 0) is 18.9 Å². The molecule has 0 saturated carbocycles. The van der Waals surface area contributed by atoms with Gasteiger partial charge in [0.25, 0.3) is 0 Å². The van der Waals surface area contributed by atoms with Crippen molar-refractivity contribution < 1.29 is 4.74 Å². The van der Waals surface area contributed by atoms with Crippen molar-refractivity contribution in [2.45, 2.75) is 25.5 Å². The molecule has 1 unspecified atom stereocenters. The van der Waals surface area contributed by atoms with E-state index in [0.29, 0.717) is 19.0 Å². The summed E-state index contributed by atoms with van der Waals surface area (Å²) in [5.41, 5.74) is 6.90. The van der Waals surface area contributed by atoms with Crippen LogP contribution in [0.25, 0.3) is 5.82 Å². The zero-order valence-corrected chi connectivity index (χ0v) is 15.1. The lowest BCUT2D eigenvalue weighted by Crippen LogP contribution is -2.37. The third-order valence-corrected chi connectivity index (χ3v) is 3.57. The van der Waals surface area contributed by atoms with Crippen molar-refractivity contribution in [1.29, 1.82) is 0 Å². The highest BCUT2D eigenvalue weighted by molar-refractivity contribution is 14.0. The molecule has 1 fully saturated rings. The smallest absolute Gasteiger partial charge is 0.189 e. The summed E-state index contributed by atoms with van der Waals surface area (Å²) in [5.74, 6) is 1.24. The van der Waals surface area contributed by atoms with E-state index in [-0.39, 0.29) is 30.1 Å². The minimum atomic E-state index is 0. The van der Waals surface area contributed by atoms with Gasteiger partial charge in [0.1, 0.15) is 12.1 Å². The topological polar surface area (TPSA) is 90.4 Å². The lowest BCUT2D eigenvalue weighted by atomic mass is 10.2. The van der Waals surface area contributed by atoms with Crippen molar-refractivity contribution in [2.75, 3.05) is 13.2 Å². The molecule has 0 aromatic carbocycles. The van der Waals surface area contributed by atoms with Crippen molar-refractivity contribution in [2.24, 2.45) is 10.7 Å². The van der Waals surface area contributed by atoms with Gasteiger partial charge >= 0.3 is 0 Å². The number of nitrogens with two attached hydrogens (primary N) is 1. The molecule has 2 aromatic rings. The molecule has 3 rings (SSSR count). The van der Waals surface area contributed by atoms with Crippen LogP contribution in [0.1, 0.15) is 18.4 Å². The summed E-state index contributed by atoms with van der Waals surface area (Å²) in [5, 5.41) is 3.11. The molecule has 1 aliphatic rings. The highest BCUT2D eigenvalue weighted by atomic mass is 127. The monoisotopic (exact) mass is 428 g/mol. The first kappa shape index (κ1) is 17.7. The Morgan fingerprint density at radius 1 is 1.48 bits per heavy atom. The molecular weight excluding hydrogens is 407 g/mol. The molecule has 0 aliphatic carbocycles. The van der Waals surface area contributed by atoms with E-state index in [1.807, 2.05) is 22.9 Å². The van der Waals surface area contributed by atoms with Crippen LogP contribution in [0.3, 0.4) is 0 Å². The van der Waals surface area contributed by atoms with Crippen molar-refractivity contribution in [3.05, 3.63) is 42.6 Å². The van der Waals surface area contributed by atoms with E-state index in [9.17, 15) is 0 Å². The van der Waals surface area contributed by atoms with E-state index in [1.165, 1.54) is 0 Å². The molecule has 1 saturated heterocycles. The van der Waals surface area contributed by atoms with E-state index in [4.69, 9.17) is 10.5 Å². The summed E-state index contributed by atoms with van der Waals surface area (Å²) >= 11 is 0. The van der Waals surface area contributed by atoms with Crippen molar-refractivity contribution >= 4 is 29.9 Å². The number of imidazole rings is 1. The fraction of sp³-hybridized carbons (Fsp3) is 0.400. The number of halogens is 1. The van der Waals surface area contributed by atoms with Gasteiger partial charge in [0.05, 0.1) is 12.6 Å². The van der Waals surface area contributed by atoms with Crippen LogP contribution in [0.5, 0.6) is 0 Å². The lowest BCUT2D eigenvalue weighted by Gasteiger charge is -2.11. The maximum atomic E-state index is 5.91. The minimum absolute atomic E-state index is 0. The number of nitrogens with zero attached hydrogens (tertiary/aromatic N) is 4. The van der Waals surface area contributed by atoms with Crippen molar-refractivity contribution in [3.8, 4) is 5.82 Å². The Bertz CT molecular complexity index is 625. The molecule has 3 N–H and O–H groups in total. The summed E-state index contributed by atoms with van der Waals surface area (Å²) in [7, 11) is 0. The summed E-state index contributed by atoms with van der Waals surface area (Å²) in [6.45, 7) is 2.01. The van der Waals surface area contributed by atoms with Crippen LogP contribution in [-0.4, -0.2) is 39.8 Å². The molecule has 23 heavy (non-hydrogen) atoms. The SMILES string of the molecule is I.NC(=NCc1cccnc1-n1ccnc1)NCC1CCCO1. The Kier molecular flexibility index (Phi) is 6.78. The van der Waals surface area contributed by atoms with E-state index in [2.05, 4.69) is 20.3 Å². The standard InChI is InChI=1S/C15H20N6O.HI/c16-15(20-10-13-4-2-8-22-13)19-9-12-3-1-5-18-14(12)21-7-6-17-11-21;/h1,3,5-7,11,13H,2,4,8-10H2,(H3,16,19,20);1H. The number of hydrogen-bond acceptors (Lipinski definition) is 4. The zero-order chi connectivity index (χ0) is 15.2. The maximum absolute atomic E-state index is 5.91. The molecule has 124 valence electrons. The molecule has 1 atom stereocenters. The van der Waals surface area contributed by atoms with E-state index in [0.717, 1.165) is 30.8 Å². The van der Waals surface area contributed by atoms with Gasteiger partial charge in [0.15, 0.2) is 5.96 Å². The molecule has 0 spiro atoms. The molecule has 3 heterocycles. The second kappa shape index (κ2) is 8.82. The summed E-state index contributed by atoms with van der Waals surface area (Å²) in [4.78, 5) is 12.8. The average molecular weight is 428 g/mol. The third kappa shape index (κ3) is 4.90. The number of rotatable bonds is 5. The van der Waals surface area contributed by atoms with Crippen LogP contribution in [0.4, 0.5) is 0 Å². The fourth-order valence-electron chi connectivity index (χ4n) is 2.42. The third-order valence-electron chi connectivity index (χ3n) is 3.57. The molecule has 0 amide bonds. The molecule has 7 nitrogen and oxygen atoms in total. The van der Waals surface area contributed by atoms with Crippen LogP contribution in [0.2, 0.25) is 0 Å². The fourth-order valence-corrected chi connectivity index (χ4v) is 2.42. The summed E-state index contributed by atoms with van der Waals surface area (Å²) in [6.07, 6.45) is 9.49. The Balaban J connectivity index is 0.00000192. The highest BCUT2D eigenvalue weighted by Gasteiger charge is 2.15. The Labute approximate surface area is 152 Å². The van der Waals surface area contributed by atoms with E-state index >= 15 is 0 Å². The van der Waals surface area contributed by atoms with Gasteiger partial charge in [-0.2, -0.15) is 0 Å². The van der Waals surface area contributed by atoms with Crippen molar-refractivity contribution in [1.82, 2.24) is 19.9 Å². The molecule has 2 aromatic heterocycles. The number of ether oxygens (including phenoxy) is 1. The lowest BCUT2D eigenvalue weighted by molar-refractivity contribution is 0.114. The second-order valence-corrected chi connectivity index (χ2v) is 5.17. The number of aromatic nitrogens is 3. The zero-order valence-electron chi connectivity index (χ0n) is 12.8. The molecule has 8 heteroatoms. The largest absolute Gasteiger partial charge is 0.376 e. The summed E-state index contributed by atoms with van der Waals surface area (Å²) in [6, 6.07) is 3.88.